The van der Waals surface area contributed by atoms with Crippen LogP contribution in [-0.2, 0) is 18.0 Å². The summed E-state index contributed by atoms with van der Waals surface area (Å²) in [5.41, 5.74) is 3.18. The van der Waals surface area contributed by atoms with E-state index in [0.29, 0.717) is 13.2 Å². The van der Waals surface area contributed by atoms with Crippen molar-refractivity contribution in [2.75, 3.05) is 38.1 Å². The summed E-state index contributed by atoms with van der Waals surface area (Å²) in [5, 5.41) is 0.742. The molecule has 2 heterocycles. The number of pyridine rings is 1. The number of ether oxygens (including phenoxy) is 1. The van der Waals surface area contributed by atoms with Crippen LogP contribution < -0.4 is 4.90 Å². The van der Waals surface area contributed by atoms with Crippen molar-refractivity contribution in [3.05, 3.63) is 58.9 Å². The van der Waals surface area contributed by atoms with Crippen molar-refractivity contribution >= 4 is 17.3 Å². The van der Waals surface area contributed by atoms with Crippen molar-refractivity contribution in [3.8, 4) is 0 Å². The maximum Gasteiger partial charge on any atom is 0.0893 e. The van der Waals surface area contributed by atoms with Crippen molar-refractivity contribution in [3.63, 3.8) is 0 Å². The lowest BCUT2D eigenvalue weighted by Crippen LogP contribution is -2.44. The molecule has 0 saturated carbocycles. The first kappa shape index (κ1) is 16.2. The zero-order valence-corrected chi connectivity index (χ0v) is 14.2. The fourth-order valence-electron chi connectivity index (χ4n) is 2.69. The third kappa shape index (κ3) is 4.44. The number of nitrogens with zero attached hydrogens (tertiary/aromatic N) is 3. The Morgan fingerprint density at radius 3 is 2.65 bits per heavy atom. The van der Waals surface area contributed by atoms with E-state index >= 15 is 0 Å². The highest BCUT2D eigenvalue weighted by atomic mass is 35.5. The van der Waals surface area contributed by atoms with E-state index in [4.69, 9.17) is 16.3 Å². The molecule has 1 fully saturated rings. The normalized spacial score (nSPS) is 15.8. The molecule has 1 saturated heterocycles. The summed E-state index contributed by atoms with van der Waals surface area (Å²) >= 11 is 6.14. The minimum absolute atomic E-state index is 0.493. The Morgan fingerprint density at radius 2 is 1.87 bits per heavy atom. The van der Waals surface area contributed by atoms with E-state index in [1.54, 1.807) is 0 Å². The van der Waals surface area contributed by atoms with E-state index in [9.17, 15) is 0 Å². The molecule has 1 aromatic carbocycles. The van der Waals surface area contributed by atoms with Crippen molar-refractivity contribution in [1.29, 1.82) is 0 Å². The maximum absolute atomic E-state index is 6.14. The minimum Gasteiger partial charge on any atom is -0.370 e. The molecule has 0 bridgehead atoms. The fourth-order valence-corrected chi connectivity index (χ4v) is 2.88. The SMILES string of the molecule is CN1CCN(c2ccnc(COCc3ccccc3Cl)c2)CC1. The average Bonchev–Trinajstić information content (AvgIpc) is 2.58. The summed E-state index contributed by atoms with van der Waals surface area (Å²) in [6, 6.07) is 12.0. The van der Waals surface area contributed by atoms with Gasteiger partial charge in [0.25, 0.3) is 0 Å². The molecular formula is C18H22ClN3O. The van der Waals surface area contributed by atoms with E-state index < -0.39 is 0 Å². The Balaban J connectivity index is 1.56. The smallest absolute Gasteiger partial charge is 0.0893 e. The molecule has 0 aliphatic carbocycles. The highest BCUT2D eigenvalue weighted by Crippen LogP contribution is 2.19. The Hall–Kier alpha value is -1.62. The molecule has 122 valence electrons. The van der Waals surface area contributed by atoms with Crippen molar-refractivity contribution in [1.82, 2.24) is 9.88 Å². The van der Waals surface area contributed by atoms with Crippen molar-refractivity contribution in [2.24, 2.45) is 0 Å². The fraction of sp³-hybridized carbons (Fsp3) is 0.389. The lowest BCUT2D eigenvalue weighted by Gasteiger charge is -2.34. The van der Waals surface area contributed by atoms with Crippen LogP contribution in [0, 0.1) is 0 Å². The highest BCUT2D eigenvalue weighted by molar-refractivity contribution is 6.31. The monoisotopic (exact) mass is 331 g/mol. The third-order valence-corrected chi connectivity index (χ3v) is 4.50. The zero-order chi connectivity index (χ0) is 16.1. The molecule has 0 amide bonds. The van der Waals surface area contributed by atoms with Gasteiger partial charge in [-0.05, 0) is 30.8 Å². The molecule has 2 aromatic rings. The van der Waals surface area contributed by atoms with Crippen molar-refractivity contribution < 1.29 is 4.74 Å². The minimum atomic E-state index is 0.493. The zero-order valence-electron chi connectivity index (χ0n) is 13.4. The number of likely N-dealkylation sites (N-methyl/N-ethyl adjacent to an activating group) is 1. The molecule has 0 atom stereocenters. The first-order valence-corrected chi connectivity index (χ1v) is 8.30. The summed E-state index contributed by atoms with van der Waals surface area (Å²) in [6.45, 7) is 5.30. The van der Waals surface area contributed by atoms with Gasteiger partial charge < -0.3 is 14.5 Å². The van der Waals surface area contributed by atoms with Gasteiger partial charge >= 0.3 is 0 Å². The van der Waals surface area contributed by atoms with Crippen LogP contribution in [0.5, 0.6) is 0 Å². The lowest BCUT2D eigenvalue weighted by atomic mass is 10.2. The van der Waals surface area contributed by atoms with Gasteiger partial charge in [0.1, 0.15) is 0 Å². The van der Waals surface area contributed by atoms with Gasteiger partial charge in [-0.15, -0.1) is 0 Å². The second-order valence-electron chi connectivity index (χ2n) is 5.88. The molecular weight excluding hydrogens is 310 g/mol. The van der Waals surface area contributed by atoms with E-state index in [2.05, 4.69) is 34.0 Å². The third-order valence-electron chi connectivity index (χ3n) is 4.13. The van der Waals surface area contributed by atoms with Crippen LogP contribution in [0.1, 0.15) is 11.3 Å². The first-order valence-electron chi connectivity index (χ1n) is 7.92. The Labute approximate surface area is 142 Å². The molecule has 3 rings (SSSR count). The van der Waals surface area contributed by atoms with E-state index in [1.807, 2.05) is 30.5 Å². The van der Waals surface area contributed by atoms with Gasteiger partial charge in [-0.1, -0.05) is 29.8 Å². The summed E-state index contributed by atoms with van der Waals surface area (Å²) < 4.78 is 5.77. The number of hydrogen-bond acceptors (Lipinski definition) is 4. The van der Waals surface area contributed by atoms with Gasteiger partial charge in [-0.2, -0.15) is 0 Å². The summed E-state index contributed by atoms with van der Waals surface area (Å²) in [6.07, 6.45) is 1.86. The number of benzene rings is 1. The van der Waals surface area contributed by atoms with E-state index in [-0.39, 0.29) is 0 Å². The summed E-state index contributed by atoms with van der Waals surface area (Å²) in [4.78, 5) is 9.16. The highest BCUT2D eigenvalue weighted by Gasteiger charge is 2.14. The van der Waals surface area contributed by atoms with E-state index in [1.165, 1.54) is 5.69 Å². The largest absolute Gasteiger partial charge is 0.370 e. The first-order chi connectivity index (χ1) is 11.2. The van der Waals surface area contributed by atoms with Crippen LogP contribution in [-0.4, -0.2) is 43.1 Å². The lowest BCUT2D eigenvalue weighted by molar-refractivity contribution is 0.104. The topological polar surface area (TPSA) is 28.6 Å². The molecule has 1 aliphatic rings. The second kappa shape index (κ2) is 7.77. The van der Waals surface area contributed by atoms with Gasteiger partial charge in [0.2, 0.25) is 0 Å². The Morgan fingerprint density at radius 1 is 1.09 bits per heavy atom. The molecule has 4 nitrogen and oxygen atoms in total. The van der Waals surface area contributed by atoms with Gasteiger partial charge in [0.05, 0.1) is 18.9 Å². The van der Waals surface area contributed by atoms with Gasteiger partial charge in [0, 0.05) is 43.1 Å². The van der Waals surface area contributed by atoms with Crippen LogP contribution in [0.4, 0.5) is 5.69 Å². The standard InChI is InChI=1S/C18H22ClN3O/c1-21-8-10-22(11-9-21)17-6-7-20-16(12-17)14-23-13-15-4-2-3-5-18(15)19/h2-7,12H,8-11,13-14H2,1H3. The van der Waals surface area contributed by atoms with Crippen LogP contribution in [0.25, 0.3) is 0 Å². The van der Waals surface area contributed by atoms with Crippen LogP contribution in [0.2, 0.25) is 5.02 Å². The van der Waals surface area contributed by atoms with Crippen LogP contribution >= 0.6 is 11.6 Å². The number of halogens is 1. The van der Waals surface area contributed by atoms with Crippen molar-refractivity contribution in [2.45, 2.75) is 13.2 Å². The number of hydrogen-bond donors (Lipinski definition) is 0. The number of piperazine rings is 1. The van der Waals surface area contributed by atoms with Crippen LogP contribution in [0.3, 0.4) is 0 Å². The molecule has 1 aliphatic heterocycles. The predicted octanol–water partition coefficient (Wildman–Crippen LogP) is 3.20. The molecule has 23 heavy (non-hydrogen) atoms. The molecule has 0 N–H and O–H groups in total. The van der Waals surface area contributed by atoms with E-state index in [0.717, 1.165) is 42.5 Å². The van der Waals surface area contributed by atoms with Gasteiger partial charge in [-0.3, -0.25) is 4.98 Å². The Bertz CT molecular complexity index is 642. The predicted molar refractivity (Wildman–Crippen MR) is 93.9 cm³/mol. The number of anilines is 1. The quantitative estimate of drug-likeness (QED) is 0.841. The molecule has 1 aromatic heterocycles. The summed E-state index contributed by atoms with van der Waals surface area (Å²) in [7, 11) is 2.16. The number of aromatic nitrogens is 1. The summed E-state index contributed by atoms with van der Waals surface area (Å²) in [5.74, 6) is 0. The molecule has 0 spiro atoms. The second-order valence-corrected chi connectivity index (χ2v) is 6.29. The Kier molecular flexibility index (Phi) is 5.49. The molecule has 5 heteroatoms. The van der Waals surface area contributed by atoms with Gasteiger partial charge in [-0.25, -0.2) is 0 Å². The molecule has 0 unspecified atom stereocenters. The molecule has 0 radical (unpaired) electrons. The average molecular weight is 332 g/mol. The maximum atomic E-state index is 6.14. The van der Waals surface area contributed by atoms with Gasteiger partial charge in [0.15, 0.2) is 0 Å². The van der Waals surface area contributed by atoms with Crippen LogP contribution in [0.15, 0.2) is 42.6 Å². The number of rotatable bonds is 5.